The van der Waals surface area contributed by atoms with Crippen LogP contribution in [-0.4, -0.2) is 31.1 Å². The van der Waals surface area contributed by atoms with Crippen LogP contribution in [0.5, 0.6) is 0 Å². The molecule has 0 aliphatic carbocycles. The lowest BCUT2D eigenvalue weighted by Gasteiger charge is -2.17. The van der Waals surface area contributed by atoms with Crippen molar-refractivity contribution in [2.24, 2.45) is 0 Å². The summed E-state index contributed by atoms with van der Waals surface area (Å²) in [6.45, 7) is 6.82. The molecule has 0 bridgehead atoms. The second-order valence-corrected chi connectivity index (χ2v) is 5.21. The second-order valence-electron chi connectivity index (χ2n) is 4.36. The monoisotopic (exact) mass is 286 g/mol. The molecule has 1 aliphatic heterocycles. The van der Waals surface area contributed by atoms with Gasteiger partial charge in [0.05, 0.1) is 16.8 Å². The van der Waals surface area contributed by atoms with Crippen LogP contribution in [0.25, 0.3) is 0 Å². The van der Waals surface area contributed by atoms with Gasteiger partial charge in [0.2, 0.25) is 0 Å². The Bertz CT molecular complexity index is 321. The largest absolute Gasteiger partial charge is 0.466 e. The highest BCUT2D eigenvalue weighted by atomic mass is 79.9. The van der Waals surface area contributed by atoms with E-state index in [-0.39, 0.29) is 6.04 Å². The van der Waals surface area contributed by atoms with Gasteiger partial charge in [-0.1, -0.05) is 0 Å². The molecule has 0 amide bonds. The molecule has 1 fully saturated rings. The number of nitrogens with zero attached hydrogens (tertiary/aromatic N) is 1. The van der Waals surface area contributed by atoms with Gasteiger partial charge >= 0.3 is 0 Å². The van der Waals surface area contributed by atoms with Gasteiger partial charge in [-0.2, -0.15) is 0 Å². The van der Waals surface area contributed by atoms with Crippen molar-refractivity contribution >= 4 is 15.9 Å². The number of hydrogen-bond acceptors (Lipinski definition) is 3. The predicted molar refractivity (Wildman–Crippen MR) is 68.5 cm³/mol. The van der Waals surface area contributed by atoms with E-state index >= 15 is 0 Å². The molecule has 2 rings (SSSR count). The van der Waals surface area contributed by atoms with Crippen LogP contribution in [0.3, 0.4) is 0 Å². The Labute approximate surface area is 105 Å². The molecule has 1 unspecified atom stereocenters. The van der Waals surface area contributed by atoms with Gasteiger partial charge in [0.1, 0.15) is 5.76 Å². The molecule has 1 saturated heterocycles. The maximum Gasteiger partial charge on any atom is 0.134 e. The molecule has 1 N–H and O–H groups in total. The van der Waals surface area contributed by atoms with Crippen LogP contribution in [0.15, 0.2) is 21.2 Å². The van der Waals surface area contributed by atoms with Crippen molar-refractivity contribution in [3.63, 3.8) is 0 Å². The first-order chi connectivity index (χ1) is 7.77. The molecule has 0 aromatic carbocycles. The van der Waals surface area contributed by atoms with Crippen molar-refractivity contribution in [1.82, 2.24) is 10.2 Å². The summed E-state index contributed by atoms with van der Waals surface area (Å²) in [6.07, 6.45) is 4.44. The molecule has 0 radical (unpaired) electrons. The van der Waals surface area contributed by atoms with E-state index in [9.17, 15) is 0 Å². The van der Waals surface area contributed by atoms with E-state index < -0.39 is 0 Å². The Morgan fingerprint density at radius 1 is 1.50 bits per heavy atom. The van der Waals surface area contributed by atoms with Crippen molar-refractivity contribution in [2.45, 2.75) is 25.8 Å². The zero-order valence-electron chi connectivity index (χ0n) is 9.71. The molecule has 16 heavy (non-hydrogen) atoms. The highest BCUT2D eigenvalue weighted by molar-refractivity contribution is 9.10. The maximum atomic E-state index is 5.43. The van der Waals surface area contributed by atoms with Crippen LogP contribution in [0.2, 0.25) is 0 Å². The molecule has 1 aromatic rings. The molecule has 0 saturated carbocycles. The quantitative estimate of drug-likeness (QED) is 0.902. The predicted octanol–water partition coefficient (Wildman–Crippen LogP) is 2.79. The minimum Gasteiger partial charge on any atom is -0.466 e. The van der Waals surface area contributed by atoms with Gasteiger partial charge in [0, 0.05) is 13.1 Å². The standard InChI is InChI=1S/C12H19BrN2O/c1-10(12-11(13)4-9-16-12)14-5-8-15-6-2-3-7-15/h4,9-10,14H,2-3,5-8H2,1H3. The molecular formula is C12H19BrN2O. The Balaban J connectivity index is 1.71. The molecule has 1 aliphatic rings. The molecule has 90 valence electrons. The maximum absolute atomic E-state index is 5.43. The van der Waals surface area contributed by atoms with Gasteiger partial charge in [-0.15, -0.1) is 0 Å². The van der Waals surface area contributed by atoms with Crippen LogP contribution in [0.4, 0.5) is 0 Å². The van der Waals surface area contributed by atoms with Crippen molar-refractivity contribution < 1.29 is 4.42 Å². The van der Waals surface area contributed by atoms with E-state index in [2.05, 4.69) is 33.1 Å². The third-order valence-electron chi connectivity index (χ3n) is 3.12. The molecule has 0 spiro atoms. The van der Waals surface area contributed by atoms with Crippen molar-refractivity contribution in [3.05, 3.63) is 22.6 Å². The van der Waals surface area contributed by atoms with Gasteiger partial charge in [0.25, 0.3) is 0 Å². The van der Waals surface area contributed by atoms with Crippen LogP contribution >= 0.6 is 15.9 Å². The van der Waals surface area contributed by atoms with Gasteiger partial charge in [-0.3, -0.25) is 0 Å². The number of nitrogens with one attached hydrogen (secondary N) is 1. The highest BCUT2D eigenvalue weighted by Crippen LogP contribution is 2.23. The summed E-state index contributed by atoms with van der Waals surface area (Å²) < 4.78 is 6.48. The van der Waals surface area contributed by atoms with E-state index in [4.69, 9.17) is 4.42 Å². The van der Waals surface area contributed by atoms with Crippen LogP contribution in [-0.2, 0) is 0 Å². The minimum atomic E-state index is 0.270. The number of hydrogen-bond donors (Lipinski definition) is 1. The molecule has 3 nitrogen and oxygen atoms in total. The normalized spacial score (nSPS) is 19.1. The lowest BCUT2D eigenvalue weighted by Crippen LogP contribution is -2.31. The van der Waals surface area contributed by atoms with Gasteiger partial charge in [-0.25, -0.2) is 0 Å². The Morgan fingerprint density at radius 2 is 2.25 bits per heavy atom. The van der Waals surface area contributed by atoms with E-state index in [1.165, 1.54) is 25.9 Å². The van der Waals surface area contributed by atoms with Gasteiger partial charge in [-0.05, 0) is 54.9 Å². The topological polar surface area (TPSA) is 28.4 Å². The molecular weight excluding hydrogens is 268 g/mol. The smallest absolute Gasteiger partial charge is 0.134 e. The fraction of sp³-hybridized carbons (Fsp3) is 0.667. The number of likely N-dealkylation sites (tertiary alicyclic amines) is 1. The summed E-state index contributed by atoms with van der Waals surface area (Å²) in [6, 6.07) is 2.21. The molecule has 4 heteroatoms. The fourth-order valence-electron chi connectivity index (χ4n) is 2.15. The Hall–Kier alpha value is -0.320. The van der Waals surface area contributed by atoms with Crippen molar-refractivity contribution in [3.8, 4) is 0 Å². The van der Waals surface area contributed by atoms with Crippen LogP contribution in [0.1, 0.15) is 31.6 Å². The first kappa shape index (κ1) is 12.1. The SMILES string of the molecule is CC(NCCN1CCCC1)c1occc1Br. The van der Waals surface area contributed by atoms with Gasteiger partial charge in [0.15, 0.2) is 0 Å². The molecule has 1 aromatic heterocycles. The van der Waals surface area contributed by atoms with Crippen molar-refractivity contribution in [2.75, 3.05) is 26.2 Å². The third-order valence-corrected chi connectivity index (χ3v) is 3.77. The van der Waals surface area contributed by atoms with E-state index in [0.29, 0.717) is 0 Å². The molecule has 1 atom stereocenters. The van der Waals surface area contributed by atoms with Crippen LogP contribution in [0, 0.1) is 0 Å². The van der Waals surface area contributed by atoms with Crippen molar-refractivity contribution in [1.29, 1.82) is 0 Å². The average molecular weight is 287 g/mol. The number of rotatable bonds is 5. The Kier molecular flexibility index (Phi) is 4.44. The minimum absolute atomic E-state index is 0.270. The Morgan fingerprint density at radius 3 is 2.88 bits per heavy atom. The zero-order chi connectivity index (χ0) is 11.4. The zero-order valence-corrected chi connectivity index (χ0v) is 11.3. The highest BCUT2D eigenvalue weighted by Gasteiger charge is 2.14. The summed E-state index contributed by atoms with van der Waals surface area (Å²) in [4.78, 5) is 2.51. The third kappa shape index (κ3) is 3.09. The summed E-state index contributed by atoms with van der Waals surface area (Å²) in [5.74, 6) is 0.987. The lowest BCUT2D eigenvalue weighted by atomic mass is 10.2. The second kappa shape index (κ2) is 5.84. The number of halogens is 1. The van der Waals surface area contributed by atoms with E-state index in [0.717, 1.165) is 23.3 Å². The van der Waals surface area contributed by atoms with Crippen LogP contribution < -0.4 is 5.32 Å². The summed E-state index contributed by atoms with van der Waals surface area (Å²) in [5.41, 5.74) is 0. The first-order valence-electron chi connectivity index (χ1n) is 5.96. The van der Waals surface area contributed by atoms with E-state index in [1.54, 1.807) is 6.26 Å². The summed E-state index contributed by atoms with van der Waals surface area (Å²) >= 11 is 3.48. The summed E-state index contributed by atoms with van der Waals surface area (Å²) in [7, 11) is 0. The van der Waals surface area contributed by atoms with E-state index in [1.807, 2.05) is 6.07 Å². The fourth-order valence-corrected chi connectivity index (χ4v) is 2.70. The van der Waals surface area contributed by atoms with Gasteiger partial charge < -0.3 is 14.6 Å². The average Bonchev–Trinajstić information content (AvgIpc) is 2.88. The lowest BCUT2D eigenvalue weighted by molar-refractivity contribution is 0.323. The first-order valence-corrected chi connectivity index (χ1v) is 6.75. The summed E-state index contributed by atoms with van der Waals surface area (Å²) in [5, 5.41) is 3.49. The molecule has 2 heterocycles. The number of furan rings is 1.